The Morgan fingerprint density at radius 3 is 2.07 bits per heavy atom. The maximum atomic E-state index is 13.3. The van der Waals surface area contributed by atoms with Crippen molar-refractivity contribution in [1.82, 2.24) is 4.90 Å². The summed E-state index contributed by atoms with van der Waals surface area (Å²) in [5.74, 6) is -0.383. The molecule has 0 spiro atoms. The number of nitrogens with one attached hydrogen (secondary N) is 1. The normalized spacial score (nSPS) is 15.2. The maximum Gasteiger partial charge on any atom is 0.253 e. The van der Waals surface area contributed by atoms with Gasteiger partial charge in [-0.05, 0) is 68.7 Å². The number of benzene rings is 2. The minimum absolute atomic E-state index is 0.0125. The van der Waals surface area contributed by atoms with Crippen molar-refractivity contribution in [3.63, 3.8) is 0 Å². The van der Waals surface area contributed by atoms with Gasteiger partial charge in [0.1, 0.15) is 5.82 Å². The average molecular weight is 382 g/mol. The number of rotatable bonds is 6. The Bertz CT molecular complexity index is 821. The summed E-state index contributed by atoms with van der Waals surface area (Å²) in [6.45, 7) is 5.22. The highest BCUT2D eigenvalue weighted by molar-refractivity contribution is 6.00. The second-order valence-corrected chi connectivity index (χ2v) is 7.31. The first-order valence-corrected chi connectivity index (χ1v) is 9.97. The summed E-state index contributed by atoms with van der Waals surface area (Å²) in [6.07, 6.45) is 3.45. The summed E-state index contributed by atoms with van der Waals surface area (Å²) in [5, 5.41) is 3.00. The van der Waals surface area contributed by atoms with Crippen LogP contribution >= 0.6 is 0 Å². The van der Waals surface area contributed by atoms with Gasteiger partial charge in [-0.15, -0.1) is 0 Å². The molecular weight excluding hydrogens is 355 g/mol. The van der Waals surface area contributed by atoms with Crippen molar-refractivity contribution in [3.05, 3.63) is 65.5 Å². The summed E-state index contributed by atoms with van der Waals surface area (Å²) >= 11 is 0. The fourth-order valence-corrected chi connectivity index (χ4v) is 4.03. The van der Waals surface area contributed by atoms with Gasteiger partial charge in [-0.3, -0.25) is 9.59 Å². The fourth-order valence-electron chi connectivity index (χ4n) is 4.03. The number of hydrogen-bond donors (Lipinski definition) is 1. The van der Waals surface area contributed by atoms with Crippen LogP contribution < -0.4 is 5.32 Å². The third-order valence-electron chi connectivity index (χ3n) is 5.73. The van der Waals surface area contributed by atoms with Crippen LogP contribution in [-0.2, 0) is 10.2 Å². The maximum absolute atomic E-state index is 13.3. The van der Waals surface area contributed by atoms with Crippen molar-refractivity contribution in [3.8, 4) is 0 Å². The van der Waals surface area contributed by atoms with Gasteiger partial charge in [0.25, 0.3) is 5.91 Å². The standard InChI is InChI=1S/C23H27FN2O2/c1-3-26(4-2)21(27)17-7-13-20(14-8-17)25-22(28)23(15-5-6-16-23)18-9-11-19(24)12-10-18/h7-14H,3-6,15-16H2,1-2H3,(H,25,28). The smallest absolute Gasteiger partial charge is 0.253 e. The van der Waals surface area contributed by atoms with Gasteiger partial charge >= 0.3 is 0 Å². The van der Waals surface area contributed by atoms with Crippen LogP contribution in [0.2, 0.25) is 0 Å². The predicted molar refractivity (Wildman–Crippen MR) is 109 cm³/mol. The first-order chi connectivity index (χ1) is 13.5. The zero-order valence-corrected chi connectivity index (χ0v) is 16.5. The number of hydrogen-bond acceptors (Lipinski definition) is 2. The molecule has 0 aromatic heterocycles. The highest BCUT2D eigenvalue weighted by Gasteiger charge is 2.42. The van der Waals surface area contributed by atoms with Crippen LogP contribution in [0.5, 0.6) is 0 Å². The number of amides is 2. The molecule has 4 nitrogen and oxygen atoms in total. The molecule has 0 heterocycles. The highest BCUT2D eigenvalue weighted by Crippen LogP contribution is 2.42. The van der Waals surface area contributed by atoms with Crippen molar-refractivity contribution in [2.24, 2.45) is 0 Å². The third kappa shape index (κ3) is 3.93. The van der Waals surface area contributed by atoms with Gasteiger partial charge in [-0.2, -0.15) is 0 Å². The molecule has 5 heteroatoms. The predicted octanol–water partition coefficient (Wildman–Crippen LogP) is 4.76. The Labute approximate surface area is 165 Å². The number of anilines is 1. The minimum Gasteiger partial charge on any atom is -0.339 e. The number of carbonyl (C=O) groups is 2. The topological polar surface area (TPSA) is 49.4 Å². The highest BCUT2D eigenvalue weighted by atomic mass is 19.1. The molecule has 2 amide bonds. The molecule has 28 heavy (non-hydrogen) atoms. The van der Waals surface area contributed by atoms with Gasteiger partial charge in [-0.1, -0.05) is 25.0 Å². The van der Waals surface area contributed by atoms with Crippen molar-refractivity contribution in [1.29, 1.82) is 0 Å². The molecule has 1 saturated carbocycles. The van der Waals surface area contributed by atoms with Gasteiger partial charge in [0, 0.05) is 24.3 Å². The lowest BCUT2D eigenvalue weighted by Gasteiger charge is -2.28. The fraction of sp³-hybridized carbons (Fsp3) is 0.391. The van der Waals surface area contributed by atoms with Crippen molar-refractivity contribution in [2.75, 3.05) is 18.4 Å². The van der Waals surface area contributed by atoms with E-state index in [9.17, 15) is 14.0 Å². The molecule has 148 valence electrons. The summed E-state index contributed by atoms with van der Waals surface area (Å²) in [5.41, 5.74) is 1.51. The Kier molecular flexibility index (Phi) is 6.12. The molecule has 0 radical (unpaired) electrons. The van der Waals surface area contributed by atoms with Gasteiger partial charge in [0.2, 0.25) is 5.91 Å². The lowest BCUT2D eigenvalue weighted by molar-refractivity contribution is -0.121. The SMILES string of the molecule is CCN(CC)C(=O)c1ccc(NC(=O)C2(c3ccc(F)cc3)CCCC2)cc1. The first-order valence-electron chi connectivity index (χ1n) is 9.97. The third-order valence-corrected chi connectivity index (χ3v) is 5.73. The molecule has 3 rings (SSSR count). The zero-order chi connectivity index (χ0) is 20.1. The quantitative estimate of drug-likeness (QED) is 0.783. The summed E-state index contributed by atoms with van der Waals surface area (Å²) in [4.78, 5) is 27.3. The average Bonchev–Trinajstić information content (AvgIpc) is 3.21. The molecule has 1 fully saturated rings. The molecule has 2 aromatic carbocycles. The van der Waals surface area contributed by atoms with E-state index in [1.807, 2.05) is 13.8 Å². The van der Waals surface area contributed by atoms with Crippen LogP contribution in [0.15, 0.2) is 48.5 Å². The number of carbonyl (C=O) groups excluding carboxylic acids is 2. The second-order valence-electron chi connectivity index (χ2n) is 7.31. The molecule has 0 saturated heterocycles. The summed E-state index contributed by atoms with van der Waals surface area (Å²) in [6, 6.07) is 13.3. The van der Waals surface area contributed by atoms with Crippen LogP contribution in [-0.4, -0.2) is 29.8 Å². The minimum atomic E-state index is -0.622. The van der Waals surface area contributed by atoms with Gasteiger partial charge in [-0.25, -0.2) is 4.39 Å². The van der Waals surface area contributed by atoms with E-state index in [-0.39, 0.29) is 17.6 Å². The van der Waals surface area contributed by atoms with Crippen molar-refractivity contribution in [2.45, 2.75) is 44.9 Å². The first kappa shape index (κ1) is 20.1. The van der Waals surface area contributed by atoms with E-state index in [2.05, 4.69) is 5.32 Å². The zero-order valence-electron chi connectivity index (χ0n) is 16.5. The summed E-state index contributed by atoms with van der Waals surface area (Å²) in [7, 11) is 0. The van der Waals surface area contributed by atoms with E-state index < -0.39 is 5.41 Å². The molecule has 2 aromatic rings. The molecule has 0 bridgehead atoms. The summed E-state index contributed by atoms with van der Waals surface area (Å²) < 4.78 is 13.3. The molecule has 0 atom stereocenters. The van der Waals surface area contributed by atoms with Gasteiger partial charge in [0.15, 0.2) is 0 Å². The Hall–Kier alpha value is -2.69. The Balaban J connectivity index is 1.77. The number of nitrogens with zero attached hydrogens (tertiary/aromatic N) is 1. The lowest BCUT2D eigenvalue weighted by atomic mass is 9.78. The van der Waals surface area contributed by atoms with Crippen molar-refractivity contribution < 1.29 is 14.0 Å². The van der Waals surface area contributed by atoms with Crippen LogP contribution in [0.4, 0.5) is 10.1 Å². The molecule has 1 aliphatic carbocycles. The lowest BCUT2D eigenvalue weighted by Crippen LogP contribution is -2.38. The largest absolute Gasteiger partial charge is 0.339 e. The second kappa shape index (κ2) is 8.55. The van der Waals surface area contributed by atoms with E-state index >= 15 is 0 Å². The Morgan fingerprint density at radius 2 is 1.54 bits per heavy atom. The molecule has 1 aliphatic rings. The van der Waals surface area contributed by atoms with E-state index in [0.717, 1.165) is 31.2 Å². The molecule has 0 unspecified atom stereocenters. The van der Waals surface area contributed by atoms with Crippen LogP contribution in [0.25, 0.3) is 0 Å². The van der Waals surface area contributed by atoms with Crippen LogP contribution in [0.1, 0.15) is 55.5 Å². The van der Waals surface area contributed by atoms with Crippen molar-refractivity contribution >= 4 is 17.5 Å². The Morgan fingerprint density at radius 1 is 0.964 bits per heavy atom. The molecular formula is C23H27FN2O2. The van der Waals surface area contributed by atoms with E-state index in [1.165, 1.54) is 12.1 Å². The van der Waals surface area contributed by atoms with E-state index in [0.29, 0.717) is 24.3 Å². The van der Waals surface area contributed by atoms with E-state index in [4.69, 9.17) is 0 Å². The molecule has 1 N–H and O–H groups in total. The van der Waals surface area contributed by atoms with Gasteiger partial charge < -0.3 is 10.2 Å². The van der Waals surface area contributed by atoms with Gasteiger partial charge in [0.05, 0.1) is 5.41 Å². The van der Waals surface area contributed by atoms with E-state index in [1.54, 1.807) is 41.3 Å². The van der Waals surface area contributed by atoms with Crippen LogP contribution in [0, 0.1) is 5.82 Å². The monoisotopic (exact) mass is 382 g/mol. The molecule has 0 aliphatic heterocycles. The van der Waals surface area contributed by atoms with Crippen LogP contribution in [0.3, 0.4) is 0 Å². The number of halogens is 1.